The minimum absolute atomic E-state index is 0.0241. The van der Waals surface area contributed by atoms with Crippen molar-refractivity contribution < 1.29 is 9.59 Å². The molecule has 0 aliphatic carbocycles. The molecule has 4 rings (SSSR count). The number of anilines is 2. The number of para-hydroxylation sites is 2. The van der Waals surface area contributed by atoms with Crippen molar-refractivity contribution in [3.05, 3.63) is 93.8 Å². The average molecular weight is 536 g/mol. The Morgan fingerprint density at radius 3 is 2.59 bits per heavy atom. The summed E-state index contributed by atoms with van der Waals surface area (Å²) in [5, 5.41) is 2.98. The molecular weight excluding hydrogens is 510 g/mol. The minimum atomic E-state index is -0.180. The summed E-state index contributed by atoms with van der Waals surface area (Å²) in [5.41, 5.74) is 2.81. The molecule has 5 nitrogen and oxygen atoms in total. The van der Waals surface area contributed by atoms with E-state index in [1.807, 2.05) is 72.8 Å². The lowest BCUT2D eigenvalue weighted by Crippen LogP contribution is -2.44. The van der Waals surface area contributed by atoms with E-state index in [0.29, 0.717) is 18.0 Å². The van der Waals surface area contributed by atoms with Gasteiger partial charge in [0.2, 0.25) is 5.91 Å². The summed E-state index contributed by atoms with van der Waals surface area (Å²) < 4.78 is 0.948. The van der Waals surface area contributed by atoms with Gasteiger partial charge < -0.3 is 10.2 Å². The van der Waals surface area contributed by atoms with Crippen molar-refractivity contribution >= 4 is 57.0 Å². The number of hydrogen-bond donors (Lipinski definition) is 1. The average Bonchev–Trinajstić information content (AvgIpc) is 2.85. The Hall–Kier alpha value is -3.03. The molecule has 3 aromatic rings. The molecule has 1 aliphatic rings. The van der Waals surface area contributed by atoms with Gasteiger partial charge in [0.25, 0.3) is 5.91 Å². The summed E-state index contributed by atoms with van der Waals surface area (Å²) in [6.45, 7) is 4.11. The summed E-state index contributed by atoms with van der Waals surface area (Å²) in [6, 6.07) is 25.6. The van der Waals surface area contributed by atoms with Gasteiger partial charge >= 0.3 is 0 Å². The molecule has 0 spiro atoms. The van der Waals surface area contributed by atoms with Gasteiger partial charge in [0.1, 0.15) is 6.54 Å². The number of benzene rings is 3. The Labute approximate surface area is 213 Å². The fourth-order valence-corrected chi connectivity index (χ4v) is 5.28. The van der Waals surface area contributed by atoms with Crippen molar-refractivity contribution in [2.45, 2.75) is 11.8 Å². The molecule has 174 valence electrons. The molecule has 0 bridgehead atoms. The van der Waals surface area contributed by atoms with Crippen molar-refractivity contribution in [3.63, 3.8) is 0 Å². The molecular formula is C27H26BrN3O2S. The molecule has 1 aliphatic heterocycles. The van der Waals surface area contributed by atoms with Gasteiger partial charge in [-0.25, -0.2) is 0 Å². The maximum atomic E-state index is 13.4. The maximum Gasteiger partial charge on any atom is 0.265 e. The second-order valence-electron chi connectivity index (χ2n) is 7.79. The smallest absolute Gasteiger partial charge is 0.265 e. The monoisotopic (exact) mass is 535 g/mol. The molecule has 0 aromatic heterocycles. The van der Waals surface area contributed by atoms with Crippen molar-refractivity contribution in [1.82, 2.24) is 5.32 Å². The third-order valence-electron chi connectivity index (χ3n) is 5.49. The highest BCUT2D eigenvalue weighted by molar-refractivity contribution is 9.10. The Bertz CT molecular complexity index is 1200. The first-order valence-corrected chi connectivity index (χ1v) is 12.8. The topological polar surface area (TPSA) is 52.7 Å². The minimum Gasteiger partial charge on any atom is -0.370 e. The van der Waals surface area contributed by atoms with Gasteiger partial charge in [0, 0.05) is 34.7 Å². The van der Waals surface area contributed by atoms with Crippen molar-refractivity contribution in [3.8, 4) is 0 Å². The standard InChI is InChI=1S/C27H26BrN3O2S/c1-2-30(22-11-4-3-5-12-22)16-15-29-26(32)19-31-23-13-6-7-14-24(23)34-25(27(31)33)18-20-9-8-10-21(28)17-20/h3-14,17-18H,2,15-16,19H2,1H3,(H,29,32)/b25-18+. The lowest BCUT2D eigenvalue weighted by atomic mass is 10.2. The van der Waals surface area contributed by atoms with E-state index in [1.165, 1.54) is 11.8 Å². The SMILES string of the molecule is CCN(CCNC(=O)CN1C(=O)/C(=C\c2cccc(Br)c2)Sc2ccccc21)c1ccccc1. The molecule has 0 radical (unpaired) electrons. The van der Waals surface area contributed by atoms with E-state index in [4.69, 9.17) is 0 Å². The van der Waals surface area contributed by atoms with Crippen LogP contribution >= 0.6 is 27.7 Å². The van der Waals surface area contributed by atoms with Crippen molar-refractivity contribution in [1.29, 1.82) is 0 Å². The highest BCUT2D eigenvalue weighted by Gasteiger charge is 2.30. The van der Waals surface area contributed by atoms with Gasteiger partial charge in [-0.15, -0.1) is 0 Å². The lowest BCUT2D eigenvalue weighted by molar-refractivity contribution is -0.122. The van der Waals surface area contributed by atoms with Gasteiger partial charge in [0.15, 0.2) is 0 Å². The Morgan fingerprint density at radius 2 is 1.82 bits per heavy atom. The fraction of sp³-hybridized carbons (Fsp3) is 0.185. The van der Waals surface area contributed by atoms with Gasteiger partial charge in [0.05, 0.1) is 10.6 Å². The van der Waals surface area contributed by atoms with Crippen LogP contribution in [0.25, 0.3) is 6.08 Å². The number of rotatable bonds is 8. The molecule has 34 heavy (non-hydrogen) atoms. The fourth-order valence-electron chi connectivity index (χ4n) is 3.81. The van der Waals surface area contributed by atoms with Crippen LogP contribution in [0.5, 0.6) is 0 Å². The van der Waals surface area contributed by atoms with Crippen LogP contribution in [0.1, 0.15) is 12.5 Å². The maximum absolute atomic E-state index is 13.4. The van der Waals surface area contributed by atoms with E-state index in [1.54, 1.807) is 4.90 Å². The number of carbonyl (C=O) groups excluding carboxylic acids is 2. The molecule has 7 heteroatoms. The van der Waals surface area contributed by atoms with Gasteiger partial charge in [-0.2, -0.15) is 0 Å². The van der Waals surface area contributed by atoms with E-state index in [-0.39, 0.29) is 18.4 Å². The third kappa shape index (κ3) is 5.90. The number of thioether (sulfide) groups is 1. The van der Waals surface area contributed by atoms with Crippen molar-refractivity contribution in [2.75, 3.05) is 36.0 Å². The number of hydrogen-bond acceptors (Lipinski definition) is 4. The Morgan fingerprint density at radius 1 is 1.06 bits per heavy atom. The molecule has 0 fully saturated rings. The predicted molar refractivity (Wildman–Crippen MR) is 144 cm³/mol. The molecule has 0 unspecified atom stereocenters. The number of amides is 2. The molecule has 2 amide bonds. The molecule has 0 saturated heterocycles. The van der Waals surface area contributed by atoms with Crippen LogP contribution in [0.4, 0.5) is 11.4 Å². The van der Waals surface area contributed by atoms with Crippen molar-refractivity contribution in [2.24, 2.45) is 0 Å². The van der Waals surface area contributed by atoms with Crippen LogP contribution in [0.15, 0.2) is 93.1 Å². The Kier molecular flexibility index (Phi) is 8.08. The predicted octanol–water partition coefficient (Wildman–Crippen LogP) is 5.57. The highest BCUT2D eigenvalue weighted by Crippen LogP contribution is 2.42. The van der Waals surface area contributed by atoms with Crippen LogP contribution < -0.4 is 15.1 Å². The van der Waals surface area contributed by atoms with E-state index < -0.39 is 0 Å². The number of nitrogens with one attached hydrogen (secondary N) is 1. The first-order valence-electron chi connectivity index (χ1n) is 11.2. The number of fused-ring (bicyclic) bond motifs is 1. The number of carbonyl (C=O) groups is 2. The van der Waals surface area contributed by atoms with Crippen LogP contribution in [-0.4, -0.2) is 38.0 Å². The van der Waals surface area contributed by atoms with Gasteiger partial charge in [-0.1, -0.05) is 70.2 Å². The molecule has 1 heterocycles. The van der Waals surface area contributed by atoms with Crippen LogP contribution in [0.2, 0.25) is 0 Å². The van der Waals surface area contributed by atoms with Crippen LogP contribution in [0, 0.1) is 0 Å². The highest BCUT2D eigenvalue weighted by atomic mass is 79.9. The van der Waals surface area contributed by atoms with E-state index in [9.17, 15) is 9.59 Å². The lowest BCUT2D eigenvalue weighted by Gasteiger charge is -2.30. The molecule has 0 atom stereocenters. The summed E-state index contributed by atoms with van der Waals surface area (Å²) in [4.78, 5) is 31.5. The zero-order valence-corrected chi connectivity index (χ0v) is 21.3. The summed E-state index contributed by atoms with van der Waals surface area (Å²) in [6.07, 6.45) is 1.87. The first-order chi connectivity index (χ1) is 16.5. The second kappa shape index (κ2) is 11.4. The quantitative estimate of drug-likeness (QED) is 0.383. The number of likely N-dealkylation sites (N-methyl/N-ethyl adjacent to an activating group) is 1. The first kappa shape index (κ1) is 24.1. The Balaban J connectivity index is 1.45. The van der Waals surface area contributed by atoms with E-state index in [2.05, 4.69) is 45.2 Å². The molecule has 0 saturated carbocycles. The normalized spacial score (nSPS) is 14.1. The summed E-state index contributed by atoms with van der Waals surface area (Å²) >= 11 is 4.91. The summed E-state index contributed by atoms with van der Waals surface area (Å²) in [5.74, 6) is -0.348. The van der Waals surface area contributed by atoms with Gasteiger partial charge in [-0.3, -0.25) is 14.5 Å². The largest absolute Gasteiger partial charge is 0.370 e. The zero-order chi connectivity index (χ0) is 23.9. The number of nitrogens with zero attached hydrogens (tertiary/aromatic N) is 2. The zero-order valence-electron chi connectivity index (χ0n) is 18.9. The summed E-state index contributed by atoms with van der Waals surface area (Å²) in [7, 11) is 0. The second-order valence-corrected chi connectivity index (χ2v) is 9.79. The number of halogens is 1. The molecule has 1 N–H and O–H groups in total. The van der Waals surface area contributed by atoms with E-state index >= 15 is 0 Å². The van der Waals surface area contributed by atoms with E-state index in [0.717, 1.165) is 32.9 Å². The van der Waals surface area contributed by atoms with Crippen LogP contribution in [0.3, 0.4) is 0 Å². The third-order valence-corrected chi connectivity index (χ3v) is 7.06. The van der Waals surface area contributed by atoms with Crippen LogP contribution in [-0.2, 0) is 9.59 Å². The van der Waals surface area contributed by atoms with Gasteiger partial charge in [-0.05, 0) is 55.0 Å². The molecule has 3 aromatic carbocycles.